The molecule has 0 aliphatic carbocycles. The lowest BCUT2D eigenvalue weighted by molar-refractivity contribution is 0.296. The number of hydrogen-bond donors (Lipinski definition) is 1. The molecule has 0 saturated carbocycles. The van der Waals surface area contributed by atoms with E-state index in [1.54, 1.807) is 7.11 Å². The first kappa shape index (κ1) is 13.4. The first-order chi connectivity index (χ1) is 9.33. The molecule has 0 radical (unpaired) electrons. The Labute approximate surface area is 114 Å². The third kappa shape index (κ3) is 3.73. The van der Waals surface area contributed by atoms with Gasteiger partial charge in [0.15, 0.2) is 0 Å². The summed E-state index contributed by atoms with van der Waals surface area (Å²) in [6, 6.07) is 15.9. The predicted molar refractivity (Wildman–Crippen MR) is 76.5 cm³/mol. The van der Waals surface area contributed by atoms with Gasteiger partial charge < -0.3 is 15.2 Å². The highest BCUT2D eigenvalue weighted by molar-refractivity contribution is 5.34. The highest BCUT2D eigenvalue weighted by Crippen LogP contribution is 2.20. The highest BCUT2D eigenvalue weighted by atomic mass is 16.5. The van der Waals surface area contributed by atoms with Gasteiger partial charge >= 0.3 is 0 Å². The Hall–Kier alpha value is -2.00. The van der Waals surface area contributed by atoms with E-state index in [0.717, 1.165) is 23.5 Å². The van der Waals surface area contributed by atoms with E-state index < -0.39 is 0 Å². The number of ether oxygens (including phenoxy) is 2. The van der Waals surface area contributed by atoms with Gasteiger partial charge in [0.1, 0.15) is 18.1 Å². The Bertz CT molecular complexity index is 526. The van der Waals surface area contributed by atoms with Crippen LogP contribution in [0.5, 0.6) is 11.5 Å². The monoisotopic (exact) mass is 257 g/mol. The summed E-state index contributed by atoms with van der Waals surface area (Å²) in [5.41, 5.74) is 7.79. The predicted octanol–water partition coefficient (Wildman–Crippen LogP) is 2.78. The number of nitrogens with two attached hydrogens (primary N) is 1. The second kappa shape index (κ2) is 6.81. The van der Waals surface area contributed by atoms with Crippen molar-refractivity contribution in [3.8, 4) is 11.5 Å². The molecule has 3 heteroatoms. The van der Waals surface area contributed by atoms with Crippen molar-refractivity contribution < 1.29 is 9.47 Å². The van der Waals surface area contributed by atoms with Gasteiger partial charge in [0.05, 0.1) is 7.11 Å². The summed E-state index contributed by atoms with van der Waals surface area (Å²) < 4.78 is 11.1. The van der Waals surface area contributed by atoms with Gasteiger partial charge in [-0.05, 0) is 36.7 Å². The van der Waals surface area contributed by atoms with Crippen LogP contribution in [0.15, 0.2) is 48.5 Å². The van der Waals surface area contributed by atoms with Gasteiger partial charge in [-0.2, -0.15) is 0 Å². The molecule has 100 valence electrons. The normalized spacial score (nSPS) is 10.2. The lowest BCUT2D eigenvalue weighted by Gasteiger charge is -2.10. The molecule has 0 heterocycles. The molecule has 0 bridgehead atoms. The van der Waals surface area contributed by atoms with Crippen LogP contribution in [0.1, 0.15) is 11.1 Å². The molecule has 3 nitrogen and oxygen atoms in total. The van der Waals surface area contributed by atoms with Gasteiger partial charge in [0.25, 0.3) is 0 Å². The molecular formula is C16H19NO2. The Kier molecular flexibility index (Phi) is 4.81. The molecule has 0 amide bonds. The minimum atomic E-state index is 0.496. The maximum absolute atomic E-state index is 5.80. The molecule has 0 aromatic heterocycles. The van der Waals surface area contributed by atoms with Gasteiger partial charge in [0.2, 0.25) is 0 Å². The molecule has 2 N–H and O–H groups in total. The summed E-state index contributed by atoms with van der Waals surface area (Å²) >= 11 is 0. The lowest BCUT2D eigenvalue weighted by Crippen LogP contribution is -2.03. The van der Waals surface area contributed by atoms with Crippen molar-refractivity contribution in [3.63, 3.8) is 0 Å². The molecule has 0 spiro atoms. The van der Waals surface area contributed by atoms with Crippen LogP contribution < -0.4 is 15.2 Å². The first-order valence-electron chi connectivity index (χ1n) is 6.37. The minimum Gasteiger partial charge on any atom is -0.496 e. The summed E-state index contributed by atoms with van der Waals surface area (Å²) in [4.78, 5) is 0. The van der Waals surface area contributed by atoms with Crippen LogP contribution in [0.25, 0.3) is 0 Å². The summed E-state index contributed by atoms with van der Waals surface area (Å²) in [6.07, 6.45) is 0.867. The van der Waals surface area contributed by atoms with Gasteiger partial charge in [0, 0.05) is 5.56 Å². The average molecular weight is 257 g/mol. The van der Waals surface area contributed by atoms with Crippen molar-refractivity contribution in [1.82, 2.24) is 0 Å². The van der Waals surface area contributed by atoms with E-state index in [1.165, 1.54) is 5.56 Å². The Balaban J connectivity index is 2.03. The third-order valence-electron chi connectivity index (χ3n) is 2.92. The Morgan fingerprint density at radius 3 is 2.68 bits per heavy atom. The molecule has 2 aromatic rings. The van der Waals surface area contributed by atoms with E-state index in [-0.39, 0.29) is 0 Å². The van der Waals surface area contributed by atoms with Gasteiger partial charge in [-0.3, -0.25) is 0 Å². The zero-order valence-electron chi connectivity index (χ0n) is 11.1. The molecular weight excluding hydrogens is 238 g/mol. The average Bonchev–Trinajstić information content (AvgIpc) is 2.46. The molecule has 19 heavy (non-hydrogen) atoms. The molecule has 0 saturated heterocycles. The van der Waals surface area contributed by atoms with Crippen LogP contribution in [0.2, 0.25) is 0 Å². The molecule has 0 aliphatic rings. The van der Waals surface area contributed by atoms with Gasteiger partial charge in [-0.25, -0.2) is 0 Å². The fourth-order valence-electron chi connectivity index (χ4n) is 1.94. The smallest absolute Gasteiger partial charge is 0.125 e. The SMILES string of the molecule is COc1ccccc1COc1cccc(CCN)c1. The number of benzene rings is 2. The van der Waals surface area contributed by atoms with E-state index >= 15 is 0 Å². The van der Waals surface area contributed by atoms with E-state index in [1.807, 2.05) is 42.5 Å². The van der Waals surface area contributed by atoms with Crippen LogP contribution >= 0.6 is 0 Å². The fourth-order valence-corrected chi connectivity index (χ4v) is 1.94. The van der Waals surface area contributed by atoms with E-state index in [9.17, 15) is 0 Å². The molecule has 0 unspecified atom stereocenters. The van der Waals surface area contributed by atoms with Gasteiger partial charge in [-0.15, -0.1) is 0 Å². The van der Waals surface area contributed by atoms with Crippen molar-refractivity contribution in [1.29, 1.82) is 0 Å². The minimum absolute atomic E-state index is 0.496. The Morgan fingerprint density at radius 1 is 1.05 bits per heavy atom. The molecule has 0 fully saturated rings. The highest BCUT2D eigenvalue weighted by Gasteiger charge is 2.03. The molecule has 2 rings (SSSR count). The number of rotatable bonds is 6. The second-order valence-electron chi connectivity index (χ2n) is 4.29. The van der Waals surface area contributed by atoms with E-state index in [2.05, 4.69) is 6.07 Å². The molecule has 0 atom stereocenters. The number of methoxy groups -OCH3 is 1. The quantitative estimate of drug-likeness (QED) is 0.865. The van der Waals surface area contributed by atoms with Crippen LogP contribution in [-0.4, -0.2) is 13.7 Å². The van der Waals surface area contributed by atoms with Gasteiger partial charge in [-0.1, -0.05) is 30.3 Å². The van der Waals surface area contributed by atoms with E-state index in [4.69, 9.17) is 15.2 Å². The van der Waals surface area contributed by atoms with Crippen LogP contribution in [0, 0.1) is 0 Å². The maximum atomic E-state index is 5.80. The number of hydrogen-bond acceptors (Lipinski definition) is 3. The van der Waals surface area contributed by atoms with Crippen molar-refractivity contribution in [2.24, 2.45) is 5.73 Å². The molecule has 0 aliphatic heterocycles. The van der Waals surface area contributed by atoms with Crippen molar-refractivity contribution in [2.75, 3.05) is 13.7 Å². The van der Waals surface area contributed by atoms with Crippen LogP contribution in [0.4, 0.5) is 0 Å². The van der Waals surface area contributed by atoms with Crippen molar-refractivity contribution in [3.05, 3.63) is 59.7 Å². The zero-order chi connectivity index (χ0) is 13.5. The number of para-hydroxylation sites is 1. The topological polar surface area (TPSA) is 44.5 Å². The summed E-state index contributed by atoms with van der Waals surface area (Å²) in [7, 11) is 1.67. The van der Waals surface area contributed by atoms with E-state index in [0.29, 0.717) is 13.2 Å². The maximum Gasteiger partial charge on any atom is 0.125 e. The summed E-state index contributed by atoms with van der Waals surface area (Å²) in [5.74, 6) is 1.71. The first-order valence-corrected chi connectivity index (χ1v) is 6.37. The third-order valence-corrected chi connectivity index (χ3v) is 2.92. The summed E-state index contributed by atoms with van der Waals surface area (Å²) in [6.45, 7) is 1.14. The molecule has 2 aromatic carbocycles. The second-order valence-corrected chi connectivity index (χ2v) is 4.29. The van der Waals surface area contributed by atoms with Crippen LogP contribution in [0.3, 0.4) is 0 Å². The largest absolute Gasteiger partial charge is 0.496 e. The zero-order valence-corrected chi connectivity index (χ0v) is 11.1. The Morgan fingerprint density at radius 2 is 1.89 bits per heavy atom. The fraction of sp³-hybridized carbons (Fsp3) is 0.250. The van der Waals surface area contributed by atoms with Crippen molar-refractivity contribution in [2.45, 2.75) is 13.0 Å². The standard InChI is InChI=1S/C16H19NO2/c1-18-16-8-3-2-6-14(16)12-19-15-7-4-5-13(11-15)9-10-17/h2-8,11H,9-10,12,17H2,1H3. The van der Waals surface area contributed by atoms with Crippen molar-refractivity contribution >= 4 is 0 Å². The lowest BCUT2D eigenvalue weighted by atomic mass is 10.1. The summed E-state index contributed by atoms with van der Waals surface area (Å²) in [5, 5.41) is 0. The van der Waals surface area contributed by atoms with Crippen LogP contribution in [-0.2, 0) is 13.0 Å².